The molecule has 1 N–H and O–H groups in total. The highest BCUT2D eigenvalue weighted by Crippen LogP contribution is 2.25. The number of aromatic nitrogens is 4. The Bertz CT molecular complexity index is 948. The van der Waals surface area contributed by atoms with Crippen LogP contribution in [-0.4, -0.2) is 39.0 Å². The predicted octanol–water partition coefficient (Wildman–Crippen LogP) is 3.79. The smallest absolute Gasteiger partial charge is 0.204 e. The fourth-order valence-corrected chi connectivity index (χ4v) is 3.10. The number of fused-ring (bicyclic) bond motifs is 3. The van der Waals surface area contributed by atoms with Gasteiger partial charge in [0.2, 0.25) is 5.65 Å². The number of anilines is 1. The van der Waals surface area contributed by atoms with Crippen LogP contribution < -0.4 is 10.1 Å². The zero-order valence-electron chi connectivity index (χ0n) is 16.5. The summed E-state index contributed by atoms with van der Waals surface area (Å²) in [6.07, 6.45) is 3.58. The van der Waals surface area contributed by atoms with E-state index in [9.17, 15) is 4.79 Å². The average Bonchev–Trinajstić information content (AvgIpc) is 3.05. The minimum absolute atomic E-state index is 0.131. The number of nitrogens with one attached hydrogen (secondary N) is 1. The lowest BCUT2D eigenvalue weighted by Crippen LogP contribution is -2.08. The molecule has 0 amide bonds. The first kappa shape index (κ1) is 19.1. The molecular weight excluding hydrogens is 342 g/mol. The molecule has 0 fully saturated rings. The number of nitrogens with zero attached hydrogens (tertiary/aromatic N) is 4. The first-order valence-electron chi connectivity index (χ1n) is 9.47. The number of ketones is 1. The first-order valence-corrected chi connectivity index (χ1v) is 9.47. The van der Waals surface area contributed by atoms with E-state index in [2.05, 4.69) is 15.5 Å². The summed E-state index contributed by atoms with van der Waals surface area (Å²) in [5.74, 6) is 2.77. The second-order valence-electron chi connectivity index (χ2n) is 7.08. The van der Waals surface area contributed by atoms with Gasteiger partial charge < -0.3 is 10.1 Å². The normalized spacial score (nSPS) is 11.4. The number of hydrogen-bond acceptors (Lipinski definition) is 6. The Morgan fingerprint density at radius 1 is 1.22 bits per heavy atom. The summed E-state index contributed by atoms with van der Waals surface area (Å²) in [5, 5.41) is 11.9. The minimum atomic E-state index is 0.131. The van der Waals surface area contributed by atoms with Gasteiger partial charge in [0.1, 0.15) is 17.4 Å². The fraction of sp³-hybridized carbons (Fsp3) is 0.500. The van der Waals surface area contributed by atoms with Crippen LogP contribution in [0.25, 0.3) is 16.7 Å². The van der Waals surface area contributed by atoms with Crippen molar-refractivity contribution in [3.05, 3.63) is 24.0 Å². The van der Waals surface area contributed by atoms with E-state index in [0.717, 1.165) is 59.9 Å². The maximum absolute atomic E-state index is 11.7. The van der Waals surface area contributed by atoms with Crippen LogP contribution >= 0.6 is 0 Å². The van der Waals surface area contributed by atoms with Gasteiger partial charge in [-0.15, -0.1) is 10.2 Å². The Labute approximate surface area is 159 Å². The van der Waals surface area contributed by atoms with E-state index in [1.54, 1.807) is 7.11 Å². The summed E-state index contributed by atoms with van der Waals surface area (Å²) < 4.78 is 7.32. The van der Waals surface area contributed by atoms with Crippen molar-refractivity contribution in [2.75, 3.05) is 19.0 Å². The van der Waals surface area contributed by atoms with Gasteiger partial charge in [0.05, 0.1) is 18.1 Å². The molecule has 0 saturated carbocycles. The Morgan fingerprint density at radius 3 is 2.78 bits per heavy atom. The monoisotopic (exact) mass is 369 g/mol. The van der Waals surface area contributed by atoms with Crippen LogP contribution in [0.4, 0.5) is 5.82 Å². The van der Waals surface area contributed by atoms with E-state index in [0.29, 0.717) is 12.2 Å². The van der Waals surface area contributed by atoms with Gasteiger partial charge in [0.25, 0.3) is 0 Å². The van der Waals surface area contributed by atoms with E-state index in [4.69, 9.17) is 9.72 Å². The molecule has 0 aliphatic heterocycles. The molecule has 7 nitrogen and oxygen atoms in total. The Balaban J connectivity index is 1.71. The molecular formula is C20H27N5O2. The van der Waals surface area contributed by atoms with Crippen molar-refractivity contribution in [2.24, 2.45) is 5.92 Å². The second kappa shape index (κ2) is 8.33. The molecule has 0 aliphatic carbocycles. The number of carbonyl (C=O) groups is 1. The van der Waals surface area contributed by atoms with Gasteiger partial charge in [0.15, 0.2) is 5.82 Å². The zero-order chi connectivity index (χ0) is 19.4. The largest absolute Gasteiger partial charge is 0.497 e. The van der Waals surface area contributed by atoms with Crippen LogP contribution in [0.1, 0.15) is 45.4 Å². The van der Waals surface area contributed by atoms with E-state index >= 15 is 0 Å². The van der Waals surface area contributed by atoms with Gasteiger partial charge in [-0.2, -0.15) is 0 Å². The Kier molecular flexibility index (Phi) is 5.88. The average molecular weight is 369 g/mol. The van der Waals surface area contributed by atoms with Crippen LogP contribution in [0.15, 0.2) is 18.2 Å². The molecule has 0 aliphatic rings. The molecule has 1 aromatic carbocycles. The summed E-state index contributed by atoms with van der Waals surface area (Å²) in [5.41, 5.74) is 2.50. The second-order valence-corrected chi connectivity index (χ2v) is 7.08. The van der Waals surface area contributed by atoms with Gasteiger partial charge >= 0.3 is 0 Å². The van der Waals surface area contributed by atoms with E-state index in [-0.39, 0.29) is 5.92 Å². The molecule has 144 valence electrons. The number of rotatable bonds is 9. The lowest BCUT2D eigenvalue weighted by Gasteiger charge is -2.10. The molecule has 3 aromatic rings. The number of benzene rings is 1. The third-order valence-electron chi connectivity index (χ3n) is 4.73. The van der Waals surface area contributed by atoms with Crippen molar-refractivity contribution in [1.29, 1.82) is 0 Å². The fourth-order valence-electron chi connectivity index (χ4n) is 3.10. The van der Waals surface area contributed by atoms with Gasteiger partial charge in [-0.05, 0) is 31.9 Å². The molecule has 0 atom stereocenters. The zero-order valence-corrected chi connectivity index (χ0v) is 16.5. The molecule has 0 radical (unpaired) electrons. The topological polar surface area (TPSA) is 81.4 Å². The maximum Gasteiger partial charge on any atom is 0.204 e. The number of carbonyl (C=O) groups excluding carboxylic acids is 1. The van der Waals surface area contributed by atoms with Gasteiger partial charge in [-0.25, -0.2) is 4.98 Å². The summed E-state index contributed by atoms with van der Waals surface area (Å²) >= 11 is 0. The van der Waals surface area contributed by atoms with E-state index < -0.39 is 0 Å². The van der Waals surface area contributed by atoms with Gasteiger partial charge in [-0.3, -0.25) is 9.20 Å². The Hall–Kier alpha value is -2.70. The SMILES string of the molecule is COc1ccc2c(c1)nc(NCCCCCC(=O)C(C)C)c1nnc(C)n12. The molecule has 0 unspecified atom stereocenters. The van der Waals surface area contributed by atoms with Crippen molar-refractivity contribution in [3.8, 4) is 5.75 Å². The number of aryl methyl sites for hydroxylation is 1. The van der Waals surface area contributed by atoms with Crippen molar-refractivity contribution >= 4 is 28.3 Å². The molecule has 0 spiro atoms. The highest BCUT2D eigenvalue weighted by Gasteiger charge is 2.13. The number of hydrogen-bond donors (Lipinski definition) is 1. The standard InChI is InChI=1S/C20H27N5O2/c1-13(2)18(26)8-6-5-7-11-21-19-20-24-23-14(3)25(20)17-10-9-15(27-4)12-16(17)22-19/h9-10,12-13H,5-8,11H2,1-4H3,(H,21,22). The molecule has 3 rings (SSSR count). The van der Waals surface area contributed by atoms with Crippen LogP contribution in [0, 0.1) is 12.8 Å². The molecule has 0 saturated heterocycles. The van der Waals surface area contributed by atoms with E-state index in [1.165, 1.54) is 0 Å². The highest BCUT2D eigenvalue weighted by atomic mass is 16.5. The van der Waals surface area contributed by atoms with Crippen LogP contribution in [0.5, 0.6) is 5.75 Å². The third-order valence-corrected chi connectivity index (χ3v) is 4.73. The molecule has 7 heteroatoms. The number of ether oxygens (including phenoxy) is 1. The molecule has 2 aromatic heterocycles. The summed E-state index contributed by atoms with van der Waals surface area (Å²) in [4.78, 5) is 16.4. The summed E-state index contributed by atoms with van der Waals surface area (Å²) in [6.45, 7) is 6.62. The number of Topliss-reactive ketones (excluding diaryl/α,β-unsaturated/α-hetero) is 1. The number of methoxy groups -OCH3 is 1. The molecule has 27 heavy (non-hydrogen) atoms. The van der Waals surface area contributed by atoms with Crippen LogP contribution in [0.3, 0.4) is 0 Å². The highest BCUT2D eigenvalue weighted by molar-refractivity contribution is 5.84. The number of unbranched alkanes of at least 4 members (excludes halogenated alkanes) is 2. The summed E-state index contributed by atoms with van der Waals surface area (Å²) in [6, 6.07) is 5.80. The van der Waals surface area contributed by atoms with Crippen molar-refractivity contribution in [2.45, 2.75) is 46.5 Å². The first-order chi connectivity index (χ1) is 13.0. The summed E-state index contributed by atoms with van der Waals surface area (Å²) in [7, 11) is 1.65. The lowest BCUT2D eigenvalue weighted by atomic mass is 10.0. The predicted molar refractivity (Wildman–Crippen MR) is 106 cm³/mol. The van der Waals surface area contributed by atoms with Crippen LogP contribution in [0.2, 0.25) is 0 Å². The lowest BCUT2D eigenvalue weighted by molar-refractivity contribution is -0.122. The third kappa shape index (κ3) is 4.18. The van der Waals surface area contributed by atoms with Crippen molar-refractivity contribution < 1.29 is 9.53 Å². The Morgan fingerprint density at radius 2 is 2.04 bits per heavy atom. The minimum Gasteiger partial charge on any atom is -0.497 e. The van der Waals surface area contributed by atoms with Gasteiger partial charge in [-0.1, -0.05) is 20.3 Å². The maximum atomic E-state index is 11.7. The van der Waals surface area contributed by atoms with Crippen molar-refractivity contribution in [3.63, 3.8) is 0 Å². The van der Waals surface area contributed by atoms with Crippen LogP contribution in [-0.2, 0) is 4.79 Å². The quantitative estimate of drug-likeness (QED) is 0.578. The van der Waals surface area contributed by atoms with E-state index in [1.807, 2.05) is 43.4 Å². The van der Waals surface area contributed by atoms with Crippen molar-refractivity contribution in [1.82, 2.24) is 19.6 Å². The van der Waals surface area contributed by atoms with Gasteiger partial charge in [0, 0.05) is 24.9 Å². The molecule has 0 bridgehead atoms. The molecule has 2 heterocycles.